The Bertz CT molecular complexity index is 161. The number of Topliss-reactive ketones (excluding diaryl/α,β-unsaturated/α-hetero) is 1. The van der Waals surface area contributed by atoms with Crippen molar-refractivity contribution in [2.75, 3.05) is 19.0 Å². The molecule has 0 radical (unpaired) electrons. The number of hydrogen-bond acceptors (Lipinski definition) is 4. The van der Waals surface area contributed by atoms with Crippen LogP contribution >= 0.6 is 15.9 Å². The topological polar surface area (TPSA) is 44.8 Å². The van der Waals surface area contributed by atoms with Crippen molar-refractivity contribution in [1.29, 1.82) is 0 Å². The van der Waals surface area contributed by atoms with Crippen LogP contribution in [0.3, 0.4) is 0 Å². The average Bonchev–Trinajstić information content (AvgIpc) is 2.16. The number of ketones is 1. The summed E-state index contributed by atoms with van der Waals surface area (Å²) in [5.41, 5.74) is 0. The second-order valence-electron chi connectivity index (χ2n) is 2.52. The Labute approximate surface area is 79.2 Å². The molecule has 1 fully saturated rings. The summed E-state index contributed by atoms with van der Waals surface area (Å²) in [6.07, 6.45) is 0.104. The van der Waals surface area contributed by atoms with Crippen molar-refractivity contribution < 1.29 is 19.3 Å². The van der Waals surface area contributed by atoms with Crippen molar-refractivity contribution in [2.24, 2.45) is 5.92 Å². The first-order chi connectivity index (χ1) is 5.79. The average molecular weight is 239 g/mol. The van der Waals surface area contributed by atoms with Gasteiger partial charge in [-0.3, -0.25) is 4.79 Å². The van der Waals surface area contributed by atoms with Crippen molar-refractivity contribution in [3.05, 3.63) is 0 Å². The van der Waals surface area contributed by atoms with Gasteiger partial charge in [-0.2, -0.15) is 0 Å². The number of ether oxygens (including phenoxy) is 1. The van der Waals surface area contributed by atoms with E-state index in [0.717, 1.165) is 0 Å². The van der Waals surface area contributed by atoms with Gasteiger partial charge in [0.25, 0.3) is 0 Å². The van der Waals surface area contributed by atoms with Crippen molar-refractivity contribution in [1.82, 2.24) is 0 Å². The van der Waals surface area contributed by atoms with E-state index in [-0.39, 0.29) is 11.7 Å². The molecule has 4 nitrogen and oxygen atoms in total. The predicted octanol–water partition coefficient (Wildman–Crippen LogP) is 0.891. The first kappa shape index (κ1) is 10.1. The van der Waals surface area contributed by atoms with E-state index in [1.54, 1.807) is 0 Å². The molecule has 0 bridgehead atoms. The van der Waals surface area contributed by atoms with Crippen LogP contribution in [-0.4, -0.2) is 31.1 Å². The molecule has 0 N–H and O–H groups in total. The Morgan fingerprint density at radius 2 is 2.50 bits per heavy atom. The zero-order chi connectivity index (χ0) is 8.97. The van der Waals surface area contributed by atoms with E-state index >= 15 is 0 Å². The number of methoxy groups -OCH3 is 1. The first-order valence-electron chi connectivity index (χ1n) is 3.69. The van der Waals surface area contributed by atoms with Crippen LogP contribution in [0, 0.1) is 5.92 Å². The highest BCUT2D eigenvalue weighted by atomic mass is 79.9. The SMILES string of the molecule is COC1OOCCC1C(=O)CBr. The summed E-state index contributed by atoms with van der Waals surface area (Å²) in [6, 6.07) is 0. The molecule has 70 valence electrons. The van der Waals surface area contributed by atoms with Gasteiger partial charge in [0.15, 0.2) is 5.78 Å². The smallest absolute Gasteiger partial charge is 0.200 e. The minimum Gasteiger partial charge on any atom is -0.352 e. The number of hydrogen-bond donors (Lipinski definition) is 0. The van der Waals surface area contributed by atoms with Crippen LogP contribution < -0.4 is 0 Å². The van der Waals surface area contributed by atoms with Crippen molar-refractivity contribution in [3.8, 4) is 0 Å². The molecule has 1 heterocycles. The van der Waals surface area contributed by atoms with Gasteiger partial charge in [0.05, 0.1) is 17.9 Å². The second kappa shape index (κ2) is 4.91. The van der Waals surface area contributed by atoms with Gasteiger partial charge in [-0.1, -0.05) is 15.9 Å². The maximum Gasteiger partial charge on any atom is 0.200 e. The largest absolute Gasteiger partial charge is 0.352 e. The molecule has 0 aliphatic carbocycles. The van der Waals surface area contributed by atoms with Crippen molar-refractivity contribution in [2.45, 2.75) is 12.7 Å². The number of rotatable bonds is 3. The molecule has 1 saturated heterocycles. The fourth-order valence-electron chi connectivity index (χ4n) is 1.11. The molecular formula is C7H11BrO4. The highest BCUT2D eigenvalue weighted by Crippen LogP contribution is 2.20. The van der Waals surface area contributed by atoms with Crippen LogP contribution in [0.25, 0.3) is 0 Å². The van der Waals surface area contributed by atoms with Gasteiger partial charge in [0.2, 0.25) is 6.29 Å². The van der Waals surface area contributed by atoms with Crippen LogP contribution in [0.5, 0.6) is 0 Å². The molecule has 2 unspecified atom stereocenters. The highest BCUT2D eigenvalue weighted by molar-refractivity contribution is 9.09. The Kier molecular flexibility index (Phi) is 4.14. The number of carbonyl (C=O) groups is 1. The van der Waals surface area contributed by atoms with Gasteiger partial charge in [-0.15, -0.1) is 0 Å². The van der Waals surface area contributed by atoms with E-state index in [9.17, 15) is 4.79 Å². The van der Waals surface area contributed by atoms with Crippen molar-refractivity contribution in [3.63, 3.8) is 0 Å². The quantitative estimate of drug-likeness (QED) is 0.542. The molecule has 1 rings (SSSR count). The lowest BCUT2D eigenvalue weighted by Gasteiger charge is -2.27. The molecule has 0 aromatic carbocycles. The monoisotopic (exact) mass is 238 g/mol. The van der Waals surface area contributed by atoms with E-state index in [0.29, 0.717) is 18.4 Å². The number of carbonyl (C=O) groups excluding carboxylic acids is 1. The molecule has 0 saturated carbocycles. The molecule has 0 amide bonds. The zero-order valence-corrected chi connectivity index (χ0v) is 8.37. The fraction of sp³-hybridized carbons (Fsp3) is 0.857. The minimum atomic E-state index is -0.552. The summed E-state index contributed by atoms with van der Waals surface area (Å²) in [4.78, 5) is 20.8. The molecular weight excluding hydrogens is 228 g/mol. The summed E-state index contributed by atoms with van der Waals surface area (Å²) >= 11 is 3.11. The van der Waals surface area contributed by atoms with Gasteiger partial charge < -0.3 is 4.74 Å². The molecule has 0 aromatic rings. The number of halogens is 1. The van der Waals surface area contributed by atoms with Crippen LogP contribution in [0.2, 0.25) is 0 Å². The van der Waals surface area contributed by atoms with Crippen LogP contribution in [0.1, 0.15) is 6.42 Å². The van der Waals surface area contributed by atoms with Crippen LogP contribution in [0.15, 0.2) is 0 Å². The lowest BCUT2D eigenvalue weighted by Crippen LogP contribution is -2.37. The second-order valence-corrected chi connectivity index (χ2v) is 3.08. The predicted molar refractivity (Wildman–Crippen MR) is 44.7 cm³/mol. The van der Waals surface area contributed by atoms with Crippen molar-refractivity contribution >= 4 is 21.7 Å². The zero-order valence-electron chi connectivity index (χ0n) is 6.79. The molecule has 1 aliphatic heterocycles. The molecule has 12 heavy (non-hydrogen) atoms. The summed E-state index contributed by atoms with van der Waals surface area (Å²) in [6.45, 7) is 0.448. The van der Waals surface area contributed by atoms with Gasteiger partial charge in [0.1, 0.15) is 0 Å². The van der Waals surface area contributed by atoms with E-state index in [1.165, 1.54) is 7.11 Å². The third kappa shape index (κ3) is 2.26. The Morgan fingerprint density at radius 1 is 1.75 bits per heavy atom. The fourth-order valence-corrected chi connectivity index (χ4v) is 1.52. The lowest BCUT2D eigenvalue weighted by atomic mass is 10.0. The molecule has 5 heteroatoms. The van der Waals surface area contributed by atoms with Crippen LogP contribution in [-0.2, 0) is 19.3 Å². The molecule has 2 atom stereocenters. The van der Waals surface area contributed by atoms with E-state index in [1.807, 2.05) is 0 Å². The first-order valence-corrected chi connectivity index (χ1v) is 4.81. The third-order valence-electron chi connectivity index (χ3n) is 1.78. The highest BCUT2D eigenvalue weighted by Gasteiger charge is 2.32. The van der Waals surface area contributed by atoms with E-state index < -0.39 is 6.29 Å². The Balaban J connectivity index is 2.52. The molecule has 0 spiro atoms. The summed E-state index contributed by atoms with van der Waals surface area (Å²) in [5.74, 6) is -0.117. The lowest BCUT2D eigenvalue weighted by molar-refractivity contribution is -0.404. The summed E-state index contributed by atoms with van der Waals surface area (Å²) in [7, 11) is 1.49. The normalized spacial score (nSPS) is 30.2. The van der Waals surface area contributed by atoms with Crippen LogP contribution in [0.4, 0.5) is 0 Å². The minimum absolute atomic E-state index is 0.0881. The van der Waals surface area contributed by atoms with Gasteiger partial charge >= 0.3 is 0 Å². The Hall–Kier alpha value is 0.0300. The van der Waals surface area contributed by atoms with E-state index in [2.05, 4.69) is 15.9 Å². The van der Waals surface area contributed by atoms with Gasteiger partial charge in [-0.05, 0) is 6.42 Å². The Morgan fingerprint density at radius 3 is 3.08 bits per heavy atom. The maximum atomic E-state index is 11.3. The maximum absolute atomic E-state index is 11.3. The van der Waals surface area contributed by atoms with Gasteiger partial charge in [-0.25, -0.2) is 9.78 Å². The standard InChI is InChI=1S/C7H11BrO4/c1-10-7-5(6(9)4-8)2-3-11-12-7/h5,7H,2-4H2,1H3. The third-order valence-corrected chi connectivity index (χ3v) is 2.33. The van der Waals surface area contributed by atoms with Gasteiger partial charge in [0, 0.05) is 7.11 Å². The molecule has 0 aromatic heterocycles. The summed E-state index contributed by atoms with van der Waals surface area (Å²) in [5, 5.41) is 0.334. The summed E-state index contributed by atoms with van der Waals surface area (Å²) < 4.78 is 4.94. The number of alkyl halides is 1. The van der Waals surface area contributed by atoms with E-state index in [4.69, 9.17) is 14.5 Å². The molecule has 1 aliphatic rings.